The lowest BCUT2D eigenvalue weighted by atomic mass is 10.1. The van der Waals surface area contributed by atoms with E-state index in [-0.39, 0.29) is 39.8 Å². The van der Waals surface area contributed by atoms with Crippen LogP contribution in [0.5, 0.6) is 11.5 Å². The maximum atomic E-state index is 12.3. The van der Waals surface area contributed by atoms with Crippen LogP contribution in [0.4, 0.5) is 4.79 Å². The van der Waals surface area contributed by atoms with Crippen molar-refractivity contribution in [2.45, 2.75) is 13.3 Å². The monoisotopic (exact) mass is 448 g/mol. The summed E-state index contributed by atoms with van der Waals surface area (Å²) in [5.74, 6) is -0.170. The molecule has 10 heteroatoms. The molecule has 0 saturated heterocycles. The van der Waals surface area contributed by atoms with Crippen LogP contribution in [-0.2, 0) is 9.84 Å². The Labute approximate surface area is 179 Å². The summed E-state index contributed by atoms with van der Waals surface area (Å²) >= 11 is 0. The summed E-state index contributed by atoms with van der Waals surface area (Å²) in [7, 11) is -3.01. The van der Waals surface area contributed by atoms with Crippen LogP contribution in [0.25, 0.3) is 21.7 Å². The zero-order chi connectivity index (χ0) is 22.6. The third-order valence-corrected chi connectivity index (χ3v) is 5.56. The Morgan fingerprint density at radius 1 is 1.10 bits per heavy atom. The van der Waals surface area contributed by atoms with E-state index in [1.54, 1.807) is 24.3 Å². The third kappa shape index (κ3) is 5.53. The zero-order valence-electron chi connectivity index (χ0n) is 17.2. The summed E-state index contributed by atoms with van der Waals surface area (Å²) in [6.45, 7) is 2.52. The zero-order valence-corrected chi connectivity index (χ0v) is 18.0. The first-order valence-electron chi connectivity index (χ1n) is 9.69. The average molecular weight is 448 g/mol. The fourth-order valence-electron chi connectivity index (χ4n) is 3.08. The molecular weight excluding hydrogens is 424 g/mol. The summed E-state index contributed by atoms with van der Waals surface area (Å²) in [5, 5.41) is 17.4. The van der Waals surface area contributed by atoms with Crippen LogP contribution in [0.1, 0.15) is 23.9 Å². The first kappa shape index (κ1) is 22.6. The number of amides is 1. The van der Waals surface area contributed by atoms with Crippen LogP contribution >= 0.6 is 0 Å². The molecule has 0 unspecified atom stereocenters. The number of hydrogen-bond donors (Lipinski definition) is 3. The van der Waals surface area contributed by atoms with E-state index in [4.69, 9.17) is 9.15 Å². The number of ketones is 1. The normalized spacial score (nSPS) is 11.7. The lowest BCUT2D eigenvalue weighted by Gasteiger charge is -2.11. The Hall–Kier alpha value is -3.11. The first-order valence-corrected chi connectivity index (χ1v) is 11.8. The number of phenolic OH excluding ortho intramolecular Hbond substituents is 1. The van der Waals surface area contributed by atoms with E-state index in [1.807, 2.05) is 0 Å². The van der Waals surface area contributed by atoms with Crippen molar-refractivity contribution < 1.29 is 32.3 Å². The van der Waals surface area contributed by atoms with E-state index >= 15 is 0 Å². The Morgan fingerprint density at radius 2 is 1.81 bits per heavy atom. The predicted molar refractivity (Wildman–Crippen MR) is 117 cm³/mol. The number of phenols is 1. The molecule has 31 heavy (non-hydrogen) atoms. The van der Waals surface area contributed by atoms with E-state index in [0.717, 1.165) is 0 Å². The molecule has 0 spiro atoms. The Balaban J connectivity index is 1.71. The molecule has 3 aromatic rings. The first-order chi connectivity index (χ1) is 14.7. The molecule has 1 aromatic heterocycles. The number of hydrogen-bond acceptors (Lipinski definition) is 8. The number of Topliss-reactive ketones (excluding diaryl/α,β-unsaturated/α-hetero) is 1. The van der Waals surface area contributed by atoms with E-state index in [2.05, 4.69) is 10.6 Å². The number of benzene rings is 2. The average Bonchev–Trinajstić information content (AvgIpc) is 3.16. The molecule has 0 aliphatic heterocycles. The van der Waals surface area contributed by atoms with Crippen molar-refractivity contribution in [3.05, 3.63) is 36.1 Å². The van der Waals surface area contributed by atoms with Crippen LogP contribution < -0.4 is 15.4 Å². The van der Waals surface area contributed by atoms with Gasteiger partial charge in [-0.25, -0.2) is 13.2 Å². The minimum Gasteiger partial charge on any atom is -0.507 e. The summed E-state index contributed by atoms with van der Waals surface area (Å²) in [6.07, 6.45) is 1.03. The number of carbonyl (C=O) groups is 2. The molecule has 3 rings (SSSR count). The van der Waals surface area contributed by atoms with E-state index in [1.165, 1.54) is 19.2 Å². The van der Waals surface area contributed by atoms with Gasteiger partial charge in [0, 0.05) is 37.0 Å². The van der Waals surface area contributed by atoms with Gasteiger partial charge in [0.15, 0.2) is 22.9 Å². The standard InChI is InChI=1S/C21H24N2O7S/c1-13(24)17-12-16-18(25)14-6-3-4-7-15(14)19(20(16)29-17)30-21(26)23-9-5-8-22-10-11-31(2,27)28/h3-4,6-7,12,22,25H,5,8-11H2,1-2H3,(H,23,26). The largest absolute Gasteiger partial charge is 0.507 e. The second-order valence-electron chi connectivity index (χ2n) is 7.18. The maximum Gasteiger partial charge on any atom is 0.412 e. The van der Waals surface area contributed by atoms with Crippen molar-refractivity contribution in [3.8, 4) is 11.5 Å². The van der Waals surface area contributed by atoms with Crippen LogP contribution in [0, 0.1) is 0 Å². The number of fused-ring (bicyclic) bond motifs is 2. The summed E-state index contributed by atoms with van der Waals surface area (Å²) in [6, 6.07) is 8.25. The van der Waals surface area contributed by atoms with Crippen molar-refractivity contribution in [3.63, 3.8) is 0 Å². The van der Waals surface area contributed by atoms with Crippen molar-refractivity contribution in [2.24, 2.45) is 0 Å². The molecule has 0 aliphatic carbocycles. The third-order valence-electron chi connectivity index (χ3n) is 4.61. The van der Waals surface area contributed by atoms with Gasteiger partial charge in [0.25, 0.3) is 0 Å². The van der Waals surface area contributed by atoms with Gasteiger partial charge in [0.1, 0.15) is 15.6 Å². The SMILES string of the molecule is CC(=O)c1cc2c(O)c3ccccc3c(OC(=O)NCCCNCCS(C)(=O)=O)c2o1. The number of nitrogens with one attached hydrogen (secondary N) is 2. The van der Waals surface area contributed by atoms with Gasteiger partial charge >= 0.3 is 6.09 Å². The van der Waals surface area contributed by atoms with E-state index in [0.29, 0.717) is 36.8 Å². The fourth-order valence-corrected chi connectivity index (χ4v) is 3.60. The van der Waals surface area contributed by atoms with Crippen molar-refractivity contribution in [1.82, 2.24) is 10.6 Å². The number of ether oxygens (including phenoxy) is 1. The highest BCUT2D eigenvalue weighted by Crippen LogP contribution is 2.43. The van der Waals surface area contributed by atoms with Crippen molar-refractivity contribution in [1.29, 1.82) is 0 Å². The molecule has 0 bridgehead atoms. The molecule has 9 nitrogen and oxygen atoms in total. The van der Waals surface area contributed by atoms with Gasteiger partial charge in [-0.1, -0.05) is 24.3 Å². The molecule has 3 N–H and O–H groups in total. The quantitative estimate of drug-likeness (QED) is 0.336. The molecule has 2 aromatic carbocycles. The topological polar surface area (TPSA) is 135 Å². The molecule has 1 heterocycles. The van der Waals surface area contributed by atoms with Gasteiger partial charge in [0.05, 0.1) is 11.1 Å². The predicted octanol–water partition coefficient (Wildman–Crippen LogP) is 2.61. The van der Waals surface area contributed by atoms with Gasteiger partial charge in [-0.15, -0.1) is 0 Å². The molecule has 0 aliphatic rings. The highest BCUT2D eigenvalue weighted by Gasteiger charge is 2.22. The Morgan fingerprint density at radius 3 is 2.48 bits per heavy atom. The number of rotatable bonds is 9. The highest BCUT2D eigenvalue weighted by molar-refractivity contribution is 7.90. The summed E-state index contributed by atoms with van der Waals surface area (Å²) in [4.78, 5) is 24.1. The number of furan rings is 1. The molecule has 0 radical (unpaired) electrons. The Kier molecular flexibility index (Phi) is 6.81. The number of carbonyl (C=O) groups excluding carboxylic acids is 2. The van der Waals surface area contributed by atoms with Crippen LogP contribution in [0.2, 0.25) is 0 Å². The van der Waals surface area contributed by atoms with Gasteiger partial charge in [-0.2, -0.15) is 0 Å². The van der Waals surface area contributed by atoms with Crippen molar-refractivity contribution >= 4 is 43.5 Å². The molecule has 166 valence electrons. The molecular formula is C21H24N2O7S. The lowest BCUT2D eigenvalue weighted by molar-refractivity contribution is 0.0989. The van der Waals surface area contributed by atoms with Gasteiger partial charge in [-0.3, -0.25) is 4.79 Å². The highest BCUT2D eigenvalue weighted by atomic mass is 32.2. The second-order valence-corrected chi connectivity index (χ2v) is 9.44. The van der Waals surface area contributed by atoms with Crippen LogP contribution in [0.15, 0.2) is 34.7 Å². The van der Waals surface area contributed by atoms with Gasteiger partial charge in [-0.05, 0) is 19.0 Å². The smallest absolute Gasteiger partial charge is 0.412 e. The molecule has 0 saturated carbocycles. The summed E-state index contributed by atoms with van der Waals surface area (Å²) < 4.78 is 33.2. The Bertz CT molecular complexity index is 1230. The second kappa shape index (κ2) is 9.36. The molecule has 0 fully saturated rings. The molecule has 0 atom stereocenters. The number of aromatic hydroxyl groups is 1. The summed E-state index contributed by atoms with van der Waals surface area (Å²) in [5.41, 5.74) is 0.110. The van der Waals surface area contributed by atoms with E-state index in [9.17, 15) is 23.1 Å². The van der Waals surface area contributed by atoms with Crippen LogP contribution in [0.3, 0.4) is 0 Å². The number of sulfone groups is 1. The van der Waals surface area contributed by atoms with Gasteiger partial charge in [0.2, 0.25) is 0 Å². The lowest BCUT2D eigenvalue weighted by Crippen LogP contribution is -2.31. The van der Waals surface area contributed by atoms with Gasteiger partial charge < -0.3 is 24.9 Å². The molecule has 1 amide bonds. The fraction of sp³-hybridized carbons (Fsp3) is 0.333. The minimum absolute atomic E-state index is 0.0473. The minimum atomic E-state index is -3.01. The van der Waals surface area contributed by atoms with E-state index < -0.39 is 15.9 Å². The van der Waals surface area contributed by atoms with Crippen molar-refractivity contribution in [2.75, 3.05) is 31.6 Å². The van der Waals surface area contributed by atoms with Crippen LogP contribution in [-0.4, -0.2) is 57.0 Å². The maximum absolute atomic E-state index is 12.3.